The Kier molecular flexibility index (Phi) is 5.42. The largest absolute Gasteiger partial charge is 0.479 e. The zero-order chi connectivity index (χ0) is 15.1. The lowest BCUT2D eigenvalue weighted by Crippen LogP contribution is -2.38. The van der Waals surface area contributed by atoms with E-state index >= 15 is 0 Å². The maximum absolute atomic E-state index is 11.3. The number of aliphatic hydroxyl groups excluding tert-OH is 1. The van der Waals surface area contributed by atoms with Crippen molar-refractivity contribution in [3.63, 3.8) is 0 Å². The number of ether oxygens (including phenoxy) is 1. The van der Waals surface area contributed by atoms with Gasteiger partial charge in [0.15, 0.2) is 18.5 Å². The Hall–Kier alpha value is -2.68. The minimum Gasteiger partial charge on any atom is -0.479 e. The number of nitrogens with zero attached hydrogens (tertiary/aromatic N) is 1. The van der Waals surface area contributed by atoms with E-state index < -0.39 is 36.1 Å². The Labute approximate surface area is 112 Å². The molecule has 0 aliphatic rings. The molecule has 0 bridgehead atoms. The number of nitro groups is 1. The van der Waals surface area contributed by atoms with E-state index in [4.69, 9.17) is 14.9 Å². The lowest BCUT2D eigenvalue weighted by molar-refractivity contribution is -0.385. The third kappa shape index (κ3) is 4.53. The minimum absolute atomic E-state index is 0.0774. The molecule has 0 aliphatic carbocycles. The summed E-state index contributed by atoms with van der Waals surface area (Å²) in [5, 5.41) is 30.1. The van der Waals surface area contributed by atoms with Crippen molar-refractivity contribution in [1.82, 2.24) is 5.32 Å². The number of carboxylic acids is 1. The highest BCUT2D eigenvalue weighted by atomic mass is 16.6. The van der Waals surface area contributed by atoms with Crippen molar-refractivity contribution in [3.05, 3.63) is 34.4 Å². The van der Waals surface area contributed by atoms with Crippen LogP contribution in [-0.4, -0.2) is 46.3 Å². The lowest BCUT2D eigenvalue weighted by Gasteiger charge is -2.09. The van der Waals surface area contributed by atoms with Gasteiger partial charge in [-0.1, -0.05) is 12.1 Å². The van der Waals surface area contributed by atoms with Crippen molar-refractivity contribution in [2.45, 2.75) is 6.10 Å². The molecule has 0 spiro atoms. The van der Waals surface area contributed by atoms with Crippen LogP contribution in [0, 0.1) is 10.1 Å². The summed E-state index contributed by atoms with van der Waals surface area (Å²) < 4.78 is 4.97. The fourth-order valence-corrected chi connectivity index (χ4v) is 1.22. The van der Waals surface area contributed by atoms with E-state index in [1.165, 1.54) is 24.3 Å². The summed E-state index contributed by atoms with van der Waals surface area (Å²) in [7, 11) is 0. The van der Waals surface area contributed by atoms with Crippen molar-refractivity contribution in [2.24, 2.45) is 0 Å². The average Bonchev–Trinajstić information content (AvgIpc) is 2.42. The molecule has 0 heterocycles. The van der Waals surface area contributed by atoms with Gasteiger partial charge in [-0.2, -0.15) is 0 Å². The van der Waals surface area contributed by atoms with Gasteiger partial charge in [0.25, 0.3) is 5.91 Å². The molecule has 0 aromatic heterocycles. The van der Waals surface area contributed by atoms with E-state index in [1.54, 1.807) is 0 Å². The van der Waals surface area contributed by atoms with Gasteiger partial charge >= 0.3 is 11.7 Å². The first-order chi connectivity index (χ1) is 9.41. The molecule has 1 aromatic carbocycles. The van der Waals surface area contributed by atoms with Crippen LogP contribution >= 0.6 is 0 Å². The Morgan fingerprint density at radius 3 is 2.65 bits per heavy atom. The first-order valence-electron chi connectivity index (χ1n) is 5.45. The Morgan fingerprint density at radius 2 is 2.05 bits per heavy atom. The smallest absolute Gasteiger partial charge is 0.334 e. The zero-order valence-electron chi connectivity index (χ0n) is 10.2. The van der Waals surface area contributed by atoms with E-state index in [0.29, 0.717) is 0 Å². The fraction of sp³-hybridized carbons (Fsp3) is 0.273. The number of carboxylic acid groups (broad SMARTS) is 1. The van der Waals surface area contributed by atoms with Crippen LogP contribution in [0.25, 0.3) is 0 Å². The van der Waals surface area contributed by atoms with Crippen molar-refractivity contribution < 1.29 is 29.5 Å². The van der Waals surface area contributed by atoms with Crippen LogP contribution in [-0.2, 0) is 9.59 Å². The number of hydrogen-bond donors (Lipinski definition) is 3. The number of para-hydroxylation sites is 2. The third-order valence-electron chi connectivity index (χ3n) is 2.20. The van der Waals surface area contributed by atoms with Gasteiger partial charge < -0.3 is 20.3 Å². The molecule has 20 heavy (non-hydrogen) atoms. The van der Waals surface area contributed by atoms with E-state index in [-0.39, 0.29) is 11.4 Å². The van der Waals surface area contributed by atoms with E-state index in [0.717, 1.165) is 0 Å². The van der Waals surface area contributed by atoms with Gasteiger partial charge in [-0.15, -0.1) is 0 Å². The maximum atomic E-state index is 11.3. The molecule has 3 N–H and O–H groups in total. The molecule has 9 heteroatoms. The summed E-state index contributed by atoms with van der Waals surface area (Å²) in [5.74, 6) is -2.25. The topological polar surface area (TPSA) is 139 Å². The van der Waals surface area contributed by atoms with Crippen molar-refractivity contribution >= 4 is 17.6 Å². The number of nitrogens with one attached hydrogen (secondary N) is 1. The minimum atomic E-state index is -1.72. The summed E-state index contributed by atoms with van der Waals surface area (Å²) in [5.41, 5.74) is -0.286. The molecule has 1 amide bonds. The Morgan fingerprint density at radius 1 is 1.40 bits per heavy atom. The molecule has 0 saturated heterocycles. The molecule has 0 saturated carbocycles. The summed E-state index contributed by atoms with van der Waals surface area (Å²) in [6, 6.07) is 5.52. The highest BCUT2D eigenvalue weighted by Crippen LogP contribution is 2.25. The molecular weight excluding hydrogens is 272 g/mol. The predicted octanol–water partition coefficient (Wildman–Crippen LogP) is -0.465. The van der Waals surface area contributed by atoms with Crippen LogP contribution in [0.1, 0.15) is 0 Å². The number of amides is 1. The SMILES string of the molecule is O=C(COc1ccccc1[N+](=O)[O-])NCC(O)C(=O)O. The molecule has 1 atom stereocenters. The monoisotopic (exact) mass is 284 g/mol. The van der Waals surface area contributed by atoms with Crippen LogP contribution in [0.4, 0.5) is 5.69 Å². The molecule has 1 aromatic rings. The summed E-state index contributed by atoms with van der Waals surface area (Å²) in [6.07, 6.45) is -1.72. The average molecular weight is 284 g/mol. The summed E-state index contributed by atoms with van der Waals surface area (Å²) in [4.78, 5) is 31.6. The molecule has 108 valence electrons. The fourth-order valence-electron chi connectivity index (χ4n) is 1.22. The maximum Gasteiger partial charge on any atom is 0.334 e. The second-order valence-electron chi connectivity index (χ2n) is 3.67. The second kappa shape index (κ2) is 7.04. The highest BCUT2D eigenvalue weighted by Gasteiger charge is 2.16. The standard InChI is InChI=1S/C11H12N2O7/c14-8(11(16)17)5-12-10(15)6-20-9-4-2-1-3-7(9)13(18)19/h1-4,8,14H,5-6H2,(H,12,15)(H,16,17). The van der Waals surface area contributed by atoms with Crippen LogP contribution in [0.5, 0.6) is 5.75 Å². The molecular formula is C11H12N2O7. The number of nitro benzene ring substituents is 1. The molecule has 1 unspecified atom stereocenters. The van der Waals surface area contributed by atoms with Crippen molar-refractivity contribution in [1.29, 1.82) is 0 Å². The quantitative estimate of drug-likeness (QED) is 0.454. The van der Waals surface area contributed by atoms with Crippen LogP contribution in [0.15, 0.2) is 24.3 Å². The van der Waals surface area contributed by atoms with Crippen molar-refractivity contribution in [2.75, 3.05) is 13.2 Å². The van der Waals surface area contributed by atoms with Gasteiger partial charge in [-0.25, -0.2) is 4.79 Å². The number of benzene rings is 1. The summed E-state index contributed by atoms with van der Waals surface area (Å²) >= 11 is 0. The van der Waals surface area contributed by atoms with E-state index in [1.807, 2.05) is 0 Å². The lowest BCUT2D eigenvalue weighted by atomic mass is 10.3. The van der Waals surface area contributed by atoms with Gasteiger partial charge in [0.1, 0.15) is 0 Å². The molecule has 0 aliphatic heterocycles. The second-order valence-corrected chi connectivity index (χ2v) is 3.67. The molecule has 1 rings (SSSR count). The molecule has 9 nitrogen and oxygen atoms in total. The first kappa shape index (κ1) is 15.4. The zero-order valence-corrected chi connectivity index (χ0v) is 10.2. The Balaban J connectivity index is 2.49. The predicted molar refractivity (Wildman–Crippen MR) is 65.2 cm³/mol. The van der Waals surface area contributed by atoms with Gasteiger partial charge in [0, 0.05) is 6.07 Å². The Bertz CT molecular complexity index is 517. The number of rotatable bonds is 7. The van der Waals surface area contributed by atoms with Gasteiger partial charge in [0.05, 0.1) is 11.5 Å². The number of hydrogen-bond acceptors (Lipinski definition) is 6. The van der Waals surface area contributed by atoms with Crippen LogP contribution in [0.3, 0.4) is 0 Å². The molecule has 0 radical (unpaired) electrons. The van der Waals surface area contributed by atoms with Crippen LogP contribution < -0.4 is 10.1 Å². The first-order valence-corrected chi connectivity index (χ1v) is 5.45. The van der Waals surface area contributed by atoms with Crippen LogP contribution in [0.2, 0.25) is 0 Å². The highest BCUT2D eigenvalue weighted by molar-refractivity contribution is 5.79. The normalized spacial score (nSPS) is 11.4. The molecule has 0 fully saturated rings. The third-order valence-corrected chi connectivity index (χ3v) is 2.20. The van der Waals surface area contributed by atoms with E-state index in [2.05, 4.69) is 5.32 Å². The number of aliphatic hydroxyl groups is 1. The summed E-state index contributed by atoms with van der Waals surface area (Å²) in [6.45, 7) is -1.01. The number of aliphatic carboxylic acids is 1. The van der Waals surface area contributed by atoms with Gasteiger partial charge in [-0.3, -0.25) is 14.9 Å². The van der Waals surface area contributed by atoms with E-state index in [9.17, 15) is 19.7 Å². The van der Waals surface area contributed by atoms with Crippen molar-refractivity contribution in [3.8, 4) is 5.75 Å². The number of carbonyl (C=O) groups is 2. The number of carbonyl (C=O) groups excluding carboxylic acids is 1. The van der Waals surface area contributed by atoms with Gasteiger partial charge in [-0.05, 0) is 6.07 Å². The van der Waals surface area contributed by atoms with Gasteiger partial charge in [0.2, 0.25) is 0 Å².